The maximum atomic E-state index is 12.2. The summed E-state index contributed by atoms with van der Waals surface area (Å²) in [5.74, 6) is 0.721. The van der Waals surface area contributed by atoms with Gasteiger partial charge in [-0.1, -0.05) is 20.3 Å². The van der Waals surface area contributed by atoms with Crippen molar-refractivity contribution in [2.24, 2.45) is 11.7 Å². The number of carbonyl (C=O) groups excluding carboxylic acids is 1. The summed E-state index contributed by atoms with van der Waals surface area (Å²) < 4.78 is 0. The molecule has 1 saturated heterocycles. The van der Waals surface area contributed by atoms with E-state index >= 15 is 0 Å². The Morgan fingerprint density at radius 2 is 2.00 bits per heavy atom. The third-order valence-corrected chi connectivity index (χ3v) is 4.35. The molecule has 3 N–H and O–H groups in total. The van der Waals surface area contributed by atoms with Crippen LogP contribution in [0.3, 0.4) is 0 Å². The Labute approximate surface area is 130 Å². The molecule has 1 heterocycles. The van der Waals surface area contributed by atoms with Gasteiger partial charge < -0.3 is 16.0 Å². The van der Waals surface area contributed by atoms with Crippen molar-refractivity contribution in [2.45, 2.75) is 46.1 Å². The van der Waals surface area contributed by atoms with Crippen LogP contribution in [0.4, 0.5) is 0 Å². The third-order valence-electron chi connectivity index (χ3n) is 4.35. The normalized spacial score (nSPS) is 20.8. The second-order valence-electron chi connectivity index (χ2n) is 6.35. The lowest BCUT2D eigenvalue weighted by Crippen LogP contribution is -2.46. The van der Waals surface area contributed by atoms with Crippen LogP contribution in [0, 0.1) is 5.92 Å². The number of rotatable bonds is 8. The number of amides is 1. The first-order valence-electron chi connectivity index (χ1n) is 8.52. The molecule has 1 aliphatic rings. The van der Waals surface area contributed by atoms with Gasteiger partial charge in [0, 0.05) is 32.7 Å². The molecule has 0 aromatic heterocycles. The van der Waals surface area contributed by atoms with E-state index in [1.165, 1.54) is 0 Å². The van der Waals surface area contributed by atoms with Crippen molar-refractivity contribution in [2.75, 3.05) is 45.8 Å². The van der Waals surface area contributed by atoms with E-state index in [1.54, 1.807) is 0 Å². The maximum absolute atomic E-state index is 12.2. The number of nitrogens with one attached hydrogen (secondary N) is 1. The van der Waals surface area contributed by atoms with Crippen molar-refractivity contribution in [1.82, 2.24) is 15.1 Å². The predicted octanol–water partition coefficient (Wildman–Crippen LogP) is 0.894. The van der Waals surface area contributed by atoms with Crippen molar-refractivity contribution >= 4 is 5.91 Å². The molecule has 5 nitrogen and oxygen atoms in total. The van der Waals surface area contributed by atoms with E-state index in [1.807, 2.05) is 6.92 Å². The number of nitrogens with two attached hydrogens (primary N) is 1. The van der Waals surface area contributed by atoms with Crippen LogP contribution in [0.5, 0.6) is 0 Å². The Balaban J connectivity index is 2.37. The van der Waals surface area contributed by atoms with Gasteiger partial charge in [-0.2, -0.15) is 0 Å². The van der Waals surface area contributed by atoms with Gasteiger partial charge in [-0.3, -0.25) is 9.69 Å². The molecule has 124 valence electrons. The molecule has 0 aromatic rings. The number of hydrogen-bond acceptors (Lipinski definition) is 4. The summed E-state index contributed by atoms with van der Waals surface area (Å²) in [6, 6.07) is -0.0197. The number of nitrogens with zero attached hydrogens (tertiary/aromatic N) is 2. The second-order valence-corrected chi connectivity index (χ2v) is 6.35. The zero-order valence-electron chi connectivity index (χ0n) is 14.1. The Morgan fingerprint density at radius 3 is 2.67 bits per heavy atom. The van der Waals surface area contributed by atoms with Crippen molar-refractivity contribution in [3.8, 4) is 0 Å². The third kappa shape index (κ3) is 6.76. The van der Waals surface area contributed by atoms with Gasteiger partial charge >= 0.3 is 0 Å². The molecule has 0 saturated carbocycles. The maximum Gasteiger partial charge on any atom is 0.237 e. The zero-order chi connectivity index (χ0) is 15.7. The minimum absolute atomic E-state index is 0.0197. The molecule has 0 radical (unpaired) electrons. The lowest BCUT2D eigenvalue weighted by Gasteiger charge is -2.27. The number of carbonyl (C=O) groups is 1. The standard InChI is InChI=1S/C16H34N4O/c1-4-5-7-18-16(21)15(3)20-9-6-8-19(10-11-20)13-14(2)12-17/h14-15H,4-13,17H2,1-3H3,(H,18,21). The van der Waals surface area contributed by atoms with Gasteiger partial charge in [0.2, 0.25) is 5.91 Å². The summed E-state index contributed by atoms with van der Waals surface area (Å²) in [5, 5.41) is 3.04. The minimum Gasteiger partial charge on any atom is -0.355 e. The lowest BCUT2D eigenvalue weighted by atomic mass is 10.1. The first kappa shape index (κ1) is 18.4. The van der Waals surface area contributed by atoms with Crippen LogP contribution < -0.4 is 11.1 Å². The van der Waals surface area contributed by atoms with Gasteiger partial charge in [-0.15, -0.1) is 0 Å². The molecule has 1 rings (SSSR count). The van der Waals surface area contributed by atoms with E-state index in [0.29, 0.717) is 5.92 Å². The van der Waals surface area contributed by atoms with Crippen LogP contribution in [-0.4, -0.2) is 67.6 Å². The summed E-state index contributed by atoms with van der Waals surface area (Å²) in [6.45, 7) is 13.1. The average Bonchev–Trinajstić information content (AvgIpc) is 2.72. The fraction of sp³-hybridized carbons (Fsp3) is 0.938. The number of hydrogen-bond donors (Lipinski definition) is 2. The Kier molecular flexibility index (Phi) is 8.88. The van der Waals surface area contributed by atoms with Crippen LogP contribution in [0.2, 0.25) is 0 Å². The molecule has 1 aliphatic heterocycles. The zero-order valence-corrected chi connectivity index (χ0v) is 14.1. The molecule has 1 amide bonds. The highest BCUT2D eigenvalue weighted by molar-refractivity contribution is 5.81. The fourth-order valence-electron chi connectivity index (χ4n) is 2.78. The van der Waals surface area contributed by atoms with Crippen molar-refractivity contribution in [1.29, 1.82) is 0 Å². The quantitative estimate of drug-likeness (QED) is 0.654. The summed E-state index contributed by atoms with van der Waals surface area (Å²) in [7, 11) is 0. The van der Waals surface area contributed by atoms with Gasteiger partial charge in [0.1, 0.15) is 0 Å². The lowest BCUT2D eigenvalue weighted by molar-refractivity contribution is -0.125. The molecule has 1 fully saturated rings. The van der Waals surface area contributed by atoms with Crippen LogP contribution in [0.25, 0.3) is 0 Å². The predicted molar refractivity (Wildman–Crippen MR) is 88.2 cm³/mol. The van der Waals surface area contributed by atoms with Crippen LogP contribution in [0.15, 0.2) is 0 Å². The summed E-state index contributed by atoms with van der Waals surface area (Å²) in [4.78, 5) is 17.0. The van der Waals surface area contributed by atoms with Crippen molar-refractivity contribution < 1.29 is 4.79 Å². The van der Waals surface area contributed by atoms with Crippen LogP contribution in [-0.2, 0) is 4.79 Å². The van der Waals surface area contributed by atoms with E-state index in [-0.39, 0.29) is 11.9 Å². The molecule has 2 unspecified atom stereocenters. The highest BCUT2D eigenvalue weighted by Crippen LogP contribution is 2.09. The molecule has 5 heteroatoms. The second kappa shape index (κ2) is 10.1. The first-order valence-corrected chi connectivity index (χ1v) is 8.52. The molecular formula is C16H34N4O. The summed E-state index contributed by atoms with van der Waals surface area (Å²) >= 11 is 0. The van der Waals surface area contributed by atoms with Crippen molar-refractivity contribution in [3.05, 3.63) is 0 Å². The van der Waals surface area contributed by atoms with Gasteiger partial charge in [0.15, 0.2) is 0 Å². The Morgan fingerprint density at radius 1 is 1.24 bits per heavy atom. The van der Waals surface area contributed by atoms with Gasteiger partial charge in [0.25, 0.3) is 0 Å². The van der Waals surface area contributed by atoms with E-state index < -0.39 is 0 Å². The van der Waals surface area contributed by atoms with E-state index in [9.17, 15) is 4.79 Å². The van der Waals surface area contributed by atoms with Crippen LogP contribution >= 0.6 is 0 Å². The largest absolute Gasteiger partial charge is 0.355 e. The minimum atomic E-state index is -0.0197. The highest BCUT2D eigenvalue weighted by Gasteiger charge is 2.24. The SMILES string of the molecule is CCCCNC(=O)C(C)N1CCCN(CC(C)CN)CC1. The monoisotopic (exact) mass is 298 g/mol. The molecular weight excluding hydrogens is 264 g/mol. The smallest absolute Gasteiger partial charge is 0.237 e. The fourth-order valence-corrected chi connectivity index (χ4v) is 2.78. The summed E-state index contributed by atoms with van der Waals surface area (Å²) in [6.07, 6.45) is 3.31. The van der Waals surface area contributed by atoms with E-state index in [0.717, 1.165) is 65.1 Å². The average molecular weight is 298 g/mol. The van der Waals surface area contributed by atoms with Crippen molar-refractivity contribution in [3.63, 3.8) is 0 Å². The van der Waals surface area contributed by atoms with Gasteiger partial charge in [0.05, 0.1) is 6.04 Å². The first-order chi connectivity index (χ1) is 10.1. The molecule has 2 atom stereocenters. The summed E-state index contributed by atoms with van der Waals surface area (Å²) in [5.41, 5.74) is 5.71. The highest BCUT2D eigenvalue weighted by atomic mass is 16.2. The molecule has 0 aromatic carbocycles. The van der Waals surface area contributed by atoms with E-state index in [4.69, 9.17) is 5.73 Å². The molecule has 0 spiro atoms. The Bertz CT molecular complexity index is 298. The van der Waals surface area contributed by atoms with Gasteiger partial charge in [-0.25, -0.2) is 0 Å². The molecule has 0 aliphatic carbocycles. The van der Waals surface area contributed by atoms with Gasteiger partial charge in [-0.05, 0) is 38.8 Å². The number of unbranched alkanes of at least 4 members (excludes halogenated alkanes) is 1. The van der Waals surface area contributed by atoms with E-state index in [2.05, 4.69) is 29.0 Å². The van der Waals surface area contributed by atoms with Crippen LogP contribution in [0.1, 0.15) is 40.0 Å². The topological polar surface area (TPSA) is 61.6 Å². The molecule has 0 bridgehead atoms. The Hall–Kier alpha value is -0.650. The molecule has 21 heavy (non-hydrogen) atoms.